The van der Waals surface area contributed by atoms with Gasteiger partial charge in [-0.2, -0.15) is 0 Å². The maximum Gasteiger partial charge on any atom is 0.241 e. The fourth-order valence-electron chi connectivity index (χ4n) is 6.40. The van der Waals surface area contributed by atoms with Gasteiger partial charge < -0.3 is 11.1 Å². The molecule has 176 valence electrons. The van der Waals surface area contributed by atoms with E-state index in [0.29, 0.717) is 10.9 Å². The van der Waals surface area contributed by atoms with Gasteiger partial charge in [0.25, 0.3) is 0 Å². The standard InChI is InChI=1S/C23H32ClN3O4S/c1-13-4-5-17(8-18(13)24)32(30,31)27-22(2,3)12-19(28)26-20-15-6-14-7-16(20)11-23(9-14,10-15)21(25)29/h4-5,8,14-16,20,27H,6-7,9-12H2,1-3H3,(H2,25,29)(H,26,28). The summed E-state index contributed by atoms with van der Waals surface area (Å²) in [6.07, 6.45) is 4.40. The van der Waals surface area contributed by atoms with Crippen LogP contribution >= 0.6 is 11.6 Å². The molecule has 1 aromatic carbocycles. The summed E-state index contributed by atoms with van der Waals surface area (Å²) in [5.74, 6) is 0.635. The largest absolute Gasteiger partial charge is 0.369 e. The summed E-state index contributed by atoms with van der Waals surface area (Å²) in [7, 11) is -3.84. The van der Waals surface area contributed by atoms with Crippen molar-refractivity contribution in [3.05, 3.63) is 28.8 Å². The average Bonchev–Trinajstić information content (AvgIpc) is 2.64. The average molecular weight is 482 g/mol. The molecule has 4 fully saturated rings. The van der Waals surface area contributed by atoms with E-state index in [9.17, 15) is 18.0 Å². The topological polar surface area (TPSA) is 118 Å². The quantitative estimate of drug-likeness (QED) is 0.554. The molecule has 0 aromatic heterocycles. The summed E-state index contributed by atoms with van der Waals surface area (Å²) in [6, 6.07) is 4.60. The highest BCUT2D eigenvalue weighted by Crippen LogP contribution is 2.59. The number of nitrogens with two attached hydrogens (primary N) is 1. The minimum Gasteiger partial charge on any atom is -0.369 e. The molecule has 4 bridgehead atoms. The lowest BCUT2D eigenvalue weighted by Gasteiger charge is -2.58. The fourth-order valence-corrected chi connectivity index (χ4v) is 8.08. The number of primary amides is 1. The van der Waals surface area contributed by atoms with E-state index in [1.807, 2.05) is 0 Å². The van der Waals surface area contributed by atoms with Crippen molar-refractivity contribution in [2.24, 2.45) is 28.9 Å². The van der Waals surface area contributed by atoms with E-state index < -0.39 is 21.0 Å². The number of aryl methyl sites for hydroxylation is 1. The molecule has 9 heteroatoms. The lowest BCUT2D eigenvalue weighted by atomic mass is 9.47. The number of rotatable bonds is 7. The normalized spacial score (nSPS) is 31.5. The van der Waals surface area contributed by atoms with Gasteiger partial charge >= 0.3 is 0 Å². The first-order valence-corrected chi connectivity index (χ1v) is 13.1. The van der Waals surface area contributed by atoms with Crippen molar-refractivity contribution in [2.45, 2.75) is 75.8 Å². The second kappa shape index (κ2) is 7.99. The number of benzene rings is 1. The van der Waals surface area contributed by atoms with Crippen molar-refractivity contribution >= 4 is 33.4 Å². The van der Waals surface area contributed by atoms with Gasteiger partial charge in [-0.15, -0.1) is 0 Å². The van der Waals surface area contributed by atoms with Crippen molar-refractivity contribution in [2.75, 3.05) is 0 Å². The number of amides is 2. The molecule has 0 saturated heterocycles. The smallest absolute Gasteiger partial charge is 0.241 e. The van der Waals surface area contributed by atoms with Gasteiger partial charge in [-0.05, 0) is 88.3 Å². The van der Waals surface area contributed by atoms with Crippen molar-refractivity contribution in [3.63, 3.8) is 0 Å². The predicted octanol–water partition coefficient (Wildman–Crippen LogP) is 2.89. The highest BCUT2D eigenvalue weighted by atomic mass is 35.5. The van der Waals surface area contributed by atoms with Crippen LogP contribution in [0.15, 0.2) is 23.1 Å². The summed E-state index contributed by atoms with van der Waals surface area (Å²) in [6.45, 7) is 5.19. The molecule has 0 spiro atoms. The van der Waals surface area contributed by atoms with Gasteiger partial charge in [-0.3, -0.25) is 9.59 Å². The van der Waals surface area contributed by atoms with Crippen LogP contribution in [0, 0.1) is 30.1 Å². The minimum atomic E-state index is -3.84. The molecule has 2 unspecified atom stereocenters. The summed E-state index contributed by atoms with van der Waals surface area (Å²) >= 11 is 6.09. The number of nitrogens with one attached hydrogen (secondary N) is 2. The zero-order valence-electron chi connectivity index (χ0n) is 18.8. The number of hydrogen-bond acceptors (Lipinski definition) is 4. The zero-order valence-corrected chi connectivity index (χ0v) is 20.4. The zero-order chi connectivity index (χ0) is 23.5. The molecular weight excluding hydrogens is 450 g/mol. The molecule has 0 heterocycles. The van der Waals surface area contributed by atoms with Crippen LogP contribution in [0.25, 0.3) is 0 Å². The lowest BCUT2D eigenvalue weighted by molar-refractivity contribution is -0.147. The second-order valence-electron chi connectivity index (χ2n) is 10.8. The Labute approximate surface area is 194 Å². The summed E-state index contributed by atoms with van der Waals surface area (Å²) in [5.41, 5.74) is 5.15. The summed E-state index contributed by atoms with van der Waals surface area (Å²) in [5, 5.41) is 3.54. The molecule has 2 atom stereocenters. The van der Waals surface area contributed by atoms with Crippen molar-refractivity contribution < 1.29 is 18.0 Å². The molecule has 7 nitrogen and oxygen atoms in total. The number of sulfonamides is 1. The van der Waals surface area contributed by atoms with Gasteiger partial charge in [0.1, 0.15) is 0 Å². The van der Waals surface area contributed by atoms with E-state index >= 15 is 0 Å². The molecule has 4 N–H and O–H groups in total. The number of halogens is 1. The Bertz CT molecular complexity index is 1040. The van der Waals surface area contributed by atoms with Crippen LogP contribution in [-0.4, -0.2) is 31.8 Å². The Hall–Kier alpha value is -1.64. The van der Waals surface area contributed by atoms with Crippen molar-refractivity contribution in [1.82, 2.24) is 10.0 Å². The minimum absolute atomic E-state index is 0.00611. The SMILES string of the molecule is Cc1ccc(S(=O)(=O)NC(C)(C)CC(=O)NC2C3CC4CC2CC(C(N)=O)(C4)C3)cc1Cl. The van der Waals surface area contributed by atoms with Crippen LogP contribution in [0.2, 0.25) is 5.02 Å². The van der Waals surface area contributed by atoms with E-state index in [4.69, 9.17) is 17.3 Å². The van der Waals surface area contributed by atoms with Gasteiger partial charge in [0.05, 0.1) is 4.90 Å². The third-order valence-electron chi connectivity index (χ3n) is 7.59. The Kier molecular flexibility index (Phi) is 5.87. The highest BCUT2D eigenvalue weighted by Gasteiger charge is 2.58. The maximum absolute atomic E-state index is 12.9. The van der Waals surface area contributed by atoms with Gasteiger partial charge in [0.15, 0.2) is 0 Å². The van der Waals surface area contributed by atoms with E-state index in [0.717, 1.165) is 37.7 Å². The van der Waals surface area contributed by atoms with Gasteiger partial charge in [-0.1, -0.05) is 17.7 Å². The van der Waals surface area contributed by atoms with Crippen LogP contribution < -0.4 is 15.8 Å². The summed E-state index contributed by atoms with van der Waals surface area (Å²) < 4.78 is 28.3. The van der Waals surface area contributed by atoms with Crippen LogP contribution in [-0.2, 0) is 19.6 Å². The Morgan fingerprint density at radius 2 is 1.81 bits per heavy atom. The van der Waals surface area contributed by atoms with Gasteiger partial charge in [0.2, 0.25) is 21.8 Å². The molecule has 1 aromatic rings. The first kappa shape index (κ1) is 23.5. The molecule has 2 amide bonds. The van der Waals surface area contributed by atoms with Crippen LogP contribution in [0.1, 0.15) is 57.9 Å². The second-order valence-corrected chi connectivity index (χ2v) is 12.9. The number of hydrogen-bond donors (Lipinski definition) is 3. The third kappa shape index (κ3) is 4.41. The molecule has 4 aliphatic rings. The van der Waals surface area contributed by atoms with Crippen LogP contribution in [0.3, 0.4) is 0 Å². The van der Waals surface area contributed by atoms with Crippen LogP contribution in [0.5, 0.6) is 0 Å². The molecule has 4 saturated carbocycles. The van der Waals surface area contributed by atoms with Crippen LogP contribution in [0.4, 0.5) is 0 Å². The van der Waals surface area contributed by atoms with E-state index in [2.05, 4.69) is 10.0 Å². The van der Waals surface area contributed by atoms with Gasteiger partial charge in [-0.25, -0.2) is 13.1 Å². The molecule has 5 rings (SSSR count). The Balaban J connectivity index is 1.40. The first-order chi connectivity index (χ1) is 14.8. The lowest BCUT2D eigenvalue weighted by Crippen LogP contribution is -2.62. The summed E-state index contributed by atoms with van der Waals surface area (Å²) in [4.78, 5) is 25.1. The van der Waals surface area contributed by atoms with Crippen molar-refractivity contribution in [3.8, 4) is 0 Å². The Morgan fingerprint density at radius 3 is 2.38 bits per heavy atom. The first-order valence-electron chi connectivity index (χ1n) is 11.2. The predicted molar refractivity (Wildman–Crippen MR) is 122 cm³/mol. The maximum atomic E-state index is 12.9. The van der Waals surface area contributed by atoms with Gasteiger partial charge in [0, 0.05) is 28.4 Å². The molecule has 32 heavy (non-hydrogen) atoms. The number of carbonyl (C=O) groups is 2. The number of carbonyl (C=O) groups excluding carboxylic acids is 2. The third-order valence-corrected chi connectivity index (χ3v) is 9.69. The van der Waals surface area contributed by atoms with E-state index in [1.165, 1.54) is 12.1 Å². The molecule has 0 aliphatic heterocycles. The van der Waals surface area contributed by atoms with Crippen molar-refractivity contribution in [1.29, 1.82) is 0 Å². The molecule has 4 aliphatic carbocycles. The highest BCUT2D eigenvalue weighted by molar-refractivity contribution is 7.89. The molecule has 0 radical (unpaired) electrons. The Morgan fingerprint density at radius 1 is 1.19 bits per heavy atom. The monoisotopic (exact) mass is 481 g/mol. The van der Waals surface area contributed by atoms with E-state index in [-0.39, 0.29) is 41.0 Å². The van der Waals surface area contributed by atoms with E-state index in [1.54, 1.807) is 26.8 Å². The molecular formula is C23H32ClN3O4S. The fraction of sp³-hybridized carbons (Fsp3) is 0.652.